The summed E-state index contributed by atoms with van der Waals surface area (Å²) in [6.45, 7) is 2.69. The average Bonchev–Trinajstić information content (AvgIpc) is 2.74. The van der Waals surface area contributed by atoms with Crippen molar-refractivity contribution in [1.82, 2.24) is 14.9 Å². The summed E-state index contributed by atoms with van der Waals surface area (Å²) in [7, 11) is 3.03. The predicted molar refractivity (Wildman–Crippen MR) is 109 cm³/mol. The van der Waals surface area contributed by atoms with Gasteiger partial charge in [-0.15, -0.1) is 0 Å². The zero-order valence-electron chi connectivity index (χ0n) is 16.8. The van der Waals surface area contributed by atoms with E-state index < -0.39 is 0 Å². The molecule has 2 aliphatic heterocycles. The van der Waals surface area contributed by atoms with E-state index in [9.17, 15) is 9.90 Å². The van der Waals surface area contributed by atoms with E-state index in [0.29, 0.717) is 42.4 Å². The number of hydrogen-bond donors (Lipinski definition) is 2. The number of rotatable bonds is 5. The number of aliphatic imine (C=N–C) groups is 1. The van der Waals surface area contributed by atoms with Gasteiger partial charge >= 0.3 is 0 Å². The highest BCUT2D eigenvalue weighted by Gasteiger charge is 2.23. The minimum atomic E-state index is -0.0851. The van der Waals surface area contributed by atoms with Crippen LogP contribution in [0.25, 0.3) is 0 Å². The van der Waals surface area contributed by atoms with E-state index in [4.69, 9.17) is 14.5 Å². The third kappa shape index (κ3) is 3.98. The topological polar surface area (TPSA) is 100 Å². The van der Waals surface area contributed by atoms with Crippen molar-refractivity contribution in [3.8, 4) is 17.2 Å². The van der Waals surface area contributed by atoms with Crippen LogP contribution in [-0.2, 0) is 19.5 Å². The number of H-pyrrole nitrogens is 1. The molecule has 3 heterocycles. The highest BCUT2D eigenvalue weighted by molar-refractivity contribution is 5.97. The first-order chi connectivity index (χ1) is 14.1. The quantitative estimate of drug-likeness (QED) is 0.799. The van der Waals surface area contributed by atoms with Gasteiger partial charge in [-0.05, 0) is 37.0 Å². The first-order valence-electron chi connectivity index (χ1n) is 9.91. The Kier molecular flexibility index (Phi) is 5.53. The minimum Gasteiger partial charge on any atom is -0.504 e. The third-order valence-corrected chi connectivity index (χ3v) is 5.47. The standard InChI is InChI=1S/C21H26N4O4/c1-28-18-10-13(9-17(26)19(18)29-2)11-25-8-6-15-14(12-25)21(27)24-20(23-15)16-5-3-4-7-22-16/h9-10,26H,3-8,11-12H2,1-2H3,(H,23,24,27). The van der Waals surface area contributed by atoms with Crippen molar-refractivity contribution in [2.45, 2.75) is 38.8 Å². The van der Waals surface area contributed by atoms with Crippen LogP contribution in [0.4, 0.5) is 0 Å². The number of phenols is 1. The molecule has 8 heteroatoms. The lowest BCUT2D eigenvalue weighted by Crippen LogP contribution is -2.36. The highest BCUT2D eigenvalue weighted by atomic mass is 16.5. The first-order valence-corrected chi connectivity index (χ1v) is 9.91. The molecular weight excluding hydrogens is 372 g/mol. The van der Waals surface area contributed by atoms with E-state index in [1.165, 1.54) is 14.2 Å². The molecule has 1 aromatic heterocycles. The summed E-state index contributed by atoms with van der Waals surface area (Å²) in [6, 6.07) is 3.52. The summed E-state index contributed by atoms with van der Waals surface area (Å²) < 4.78 is 10.5. The highest BCUT2D eigenvalue weighted by Crippen LogP contribution is 2.37. The van der Waals surface area contributed by atoms with Crippen molar-refractivity contribution in [2.24, 2.45) is 4.99 Å². The molecule has 8 nitrogen and oxygen atoms in total. The normalized spacial score (nSPS) is 16.8. The number of methoxy groups -OCH3 is 2. The van der Waals surface area contributed by atoms with Gasteiger partial charge in [0.2, 0.25) is 5.75 Å². The molecule has 0 atom stereocenters. The van der Waals surface area contributed by atoms with E-state index >= 15 is 0 Å². The Balaban J connectivity index is 1.54. The summed E-state index contributed by atoms with van der Waals surface area (Å²) >= 11 is 0. The van der Waals surface area contributed by atoms with E-state index in [2.05, 4.69) is 14.9 Å². The second kappa shape index (κ2) is 8.24. The number of aromatic nitrogens is 2. The van der Waals surface area contributed by atoms with Gasteiger partial charge < -0.3 is 19.6 Å². The van der Waals surface area contributed by atoms with Crippen LogP contribution in [0.15, 0.2) is 21.9 Å². The van der Waals surface area contributed by atoms with Gasteiger partial charge in [0.25, 0.3) is 5.56 Å². The molecule has 0 fully saturated rings. The predicted octanol–water partition coefficient (Wildman–Crippen LogP) is 2.02. The number of phenolic OH excluding ortho intramolecular Hbond substituents is 1. The molecule has 0 aliphatic carbocycles. The largest absolute Gasteiger partial charge is 0.504 e. The third-order valence-electron chi connectivity index (χ3n) is 5.47. The number of aromatic amines is 1. The van der Waals surface area contributed by atoms with Crippen molar-refractivity contribution in [2.75, 3.05) is 27.3 Å². The number of fused-ring (bicyclic) bond motifs is 1. The maximum atomic E-state index is 12.7. The van der Waals surface area contributed by atoms with Crippen molar-refractivity contribution < 1.29 is 14.6 Å². The molecule has 2 N–H and O–H groups in total. The molecule has 0 spiro atoms. The molecule has 0 saturated carbocycles. The molecule has 0 bridgehead atoms. The first kappa shape index (κ1) is 19.4. The fourth-order valence-electron chi connectivity index (χ4n) is 3.99. The summed E-state index contributed by atoms with van der Waals surface area (Å²) in [4.78, 5) is 27.0. The van der Waals surface area contributed by atoms with Crippen molar-refractivity contribution in [3.05, 3.63) is 45.1 Å². The van der Waals surface area contributed by atoms with E-state index in [1.807, 2.05) is 6.07 Å². The maximum Gasteiger partial charge on any atom is 0.255 e. The SMILES string of the molecule is COc1cc(CN2CCc3nc(C4=NCCCC4)[nH]c(=O)c3C2)cc(O)c1OC. The minimum absolute atomic E-state index is 0.0386. The number of hydrogen-bond acceptors (Lipinski definition) is 7. The average molecular weight is 398 g/mol. The molecular formula is C21H26N4O4. The number of nitrogens with one attached hydrogen (secondary N) is 1. The lowest BCUT2D eigenvalue weighted by atomic mass is 10.0. The van der Waals surface area contributed by atoms with E-state index in [-0.39, 0.29) is 11.3 Å². The Hall–Kier alpha value is -2.87. The summed E-state index contributed by atoms with van der Waals surface area (Å²) in [5, 5.41) is 10.2. The van der Waals surface area contributed by atoms with E-state index in [1.54, 1.807) is 6.07 Å². The van der Waals surface area contributed by atoms with Crippen LogP contribution in [0, 0.1) is 0 Å². The van der Waals surface area contributed by atoms with Gasteiger partial charge in [0.1, 0.15) is 0 Å². The van der Waals surface area contributed by atoms with E-state index in [0.717, 1.165) is 49.3 Å². The monoisotopic (exact) mass is 398 g/mol. The van der Waals surface area contributed by atoms with Gasteiger partial charge in [-0.2, -0.15) is 0 Å². The smallest absolute Gasteiger partial charge is 0.255 e. The molecule has 2 aromatic rings. The van der Waals surface area contributed by atoms with Crippen molar-refractivity contribution in [3.63, 3.8) is 0 Å². The summed E-state index contributed by atoms with van der Waals surface area (Å²) in [5.41, 5.74) is 3.29. The number of ether oxygens (including phenoxy) is 2. The number of benzene rings is 1. The summed E-state index contributed by atoms with van der Waals surface area (Å²) in [5.74, 6) is 1.47. The lowest BCUT2D eigenvalue weighted by Gasteiger charge is -2.28. The van der Waals surface area contributed by atoms with Crippen molar-refractivity contribution >= 4 is 5.71 Å². The van der Waals surface area contributed by atoms with Gasteiger partial charge in [-0.1, -0.05) is 0 Å². The second-order valence-corrected chi connectivity index (χ2v) is 7.44. The van der Waals surface area contributed by atoms with Gasteiger partial charge in [0.05, 0.1) is 31.2 Å². The Morgan fingerprint density at radius 1 is 1.21 bits per heavy atom. The van der Waals surface area contributed by atoms with Gasteiger partial charge in [-0.3, -0.25) is 14.7 Å². The molecule has 1 aromatic carbocycles. The zero-order valence-corrected chi connectivity index (χ0v) is 16.8. The molecule has 4 rings (SSSR count). The zero-order chi connectivity index (χ0) is 20.4. The molecule has 0 radical (unpaired) electrons. The van der Waals surface area contributed by atoms with Gasteiger partial charge in [0.15, 0.2) is 17.3 Å². The number of nitrogens with zero attached hydrogens (tertiary/aromatic N) is 3. The van der Waals surface area contributed by atoms with Crippen LogP contribution < -0.4 is 15.0 Å². The van der Waals surface area contributed by atoms with Crippen LogP contribution in [0.3, 0.4) is 0 Å². The van der Waals surface area contributed by atoms with Crippen LogP contribution in [-0.4, -0.2) is 53.0 Å². The second-order valence-electron chi connectivity index (χ2n) is 7.44. The Bertz CT molecular complexity index is 999. The fourth-order valence-corrected chi connectivity index (χ4v) is 3.99. The molecule has 29 heavy (non-hydrogen) atoms. The van der Waals surface area contributed by atoms with Crippen LogP contribution >= 0.6 is 0 Å². The van der Waals surface area contributed by atoms with Crippen LogP contribution in [0.2, 0.25) is 0 Å². The molecule has 0 amide bonds. The van der Waals surface area contributed by atoms with Crippen LogP contribution in [0.5, 0.6) is 17.2 Å². The molecule has 154 valence electrons. The summed E-state index contributed by atoms with van der Waals surface area (Å²) in [6.07, 6.45) is 3.76. The molecule has 0 unspecified atom stereocenters. The van der Waals surface area contributed by atoms with Gasteiger partial charge in [-0.25, -0.2) is 4.98 Å². The van der Waals surface area contributed by atoms with Gasteiger partial charge in [0, 0.05) is 32.6 Å². The molecule has 0 saturated heterocycles. The Morgan fingerprint density at radius 2 is 2.07 bits per heavy atom. The lowest BCUT2D eigenvalue weighted by molar-refractivity contribution is 0.240. The van der Waals surface area contributed by atoms with Crippen molar-refractivity contribution in [1.29, 1.82) is 0 Å². The molecule has 2 aliphatic rings. The van der Waals surface area contributed by atoms with Crippen LogP contribution in [0.1, 0.15) is 41.9 Å². The number of aromatic hydroxyl groups is 1. The Labute approximate surface area is 169 Å². The maximum absolute atomic E-state index is 12.7. The fraction of sp³-hybridized carbons (Fsp3) is 0.476. The Morgan fingerprint density at radius 3 is 2.79 bits per heavy atom.